The van der Waals surface area contributed by atoms with Crippen molar-refractivity contribution in [3.8, 4) is 11.3 Å². The Kier molecular flexibility index (Phi) is 4.37. The summed E-state index contributed by atoms with van der Waals surface area (Å²) in [4.78, 5) is 21.4. The zero-order valence-electron chi connectivity index (χ0n) is 13.2. The van der Waals surface area contributed by atoms with Crippen molar-refractivity contribution < 1.29 is 17.6 Å². The molecular weight excluding hydrogens is 351 g/mol. The Balaban J connectivity index is 1.95. The molecule has 25 heavy (non-hydrogen) atoms. The molecule has 0 saturated carbocycles. The Morgan fingerprint density at radius 1 is 1.40 bits per heavy atom. The smallest absolute Gasteiger partial charge is 0.323 e. The molecule has 0 spiro atoms. The van der Waals surface area contributed by atoms with Crippen molar-refractivity contribution in [1.82, 2.24) is 19.6 Å². The molecule has 1 aromatic carbocycles. The average molecular weight is 366 g/mol. The molecule has 0 fully saturated rings. The third-order valence-corrected chi connectivity index (χ3v) is 4.25. The lowest BCUT2D eigenvalue weighted by atomic mass is 10.0. The number of nitrogens with two attached hydrogens (primary N) is 1. The Labute approximate surface area is 143 Å². The van der Waals surface area contributed by atoms with Crippen LogP contribution in [0.1, 0.15) is 11.1 Å². The monoisotopic (exact) mass is 366 g/mol. The quantitative estimate of drug-likeness (QED) is 0.727. The van der Waals surface area contributed by atoms with Gasteiger partial charge < -0.3 is 4.90 Å². The molecule has 2 aromatic rings. The Morgan fingerprint density at radius 3 is 2.84 bits per heavy atom. The number of rotatable bonds is 4. The number of halogens is 1. The van der Waals surface area contributed by atoms with Crippen LogP contribution in [0.15, 0.2) is 24.5 Å². The Morgan fingerprint density at radius 2 is 2.16 bits per heavy atom. The van der Waals surface area contributed by atoms with Crippen molar-refractivity contribution >= 4 is 22.1 Å². The molecule has 1 aliphatic rings. The van der Waals surface area contributed by atoms with Crippen molar-refractivity contribution in [3.63, 3.8) is 0 Å². The number of hydrogen-bond acceptors (Lipinski definition) is 5. The number of anilines is 1. The second-order valence-electron chi connectivity index (χ2n) is 5.51. The second-order valence-corrected chi connectivity index (χ2v) is 6.89. The van der Waals surface area contributed by atoms with Crippen molar-refractivity contribution in [3.05, 3.63) is 41.5 Å². The highest BCUT2D eigenvalue weighted by Gasteiger charge is 2.24. The van der Waals surface area contributed by atoms with E-state index in [1.807, 2.05) is 4.72 Å². The summed E-state index contributed by atoms with van der Waals surface area (Å²) in [6.45, 7) is 0.0271. The average Bonchev–Trinajstić information content (AvgIpc) is 2.53. The summed E-state index contributed by atoms with van der Waals surface area (Å²) >= 11 is 0. The number of urea groups is 1. The van der Waals surface area contributed by atoms with E-state index in [2.05, 4.69) is 15.3 Å². The predicted molar refractivity (Wildman–Crippen MR) is 87.9 cm³/mol. The highest BCUT2D eigenvalue weighted by molar-refractivity contribution is 7.87. The Hall–Kier alpha value is -2.63. The summed E-state index contributed by atoms with van der Waals surface area (Å²) in [6, 6.07) is 4.02. The molecule has 11 heteroatoms. The van der Waals surface area contributed by atoms with Crippen LogP contribution in [0.2, 0.25) is 0 Å². The molecule has 0 unspecified atom stereocenters. The van der Waals surface area contributed by atoms with E-state index in [-0.39, 0.29) is 24.7 Å². The van der Waals surface area contributed by atoms with Gasteiger partial charge in [-0.15, -0.1) is 0 Å². The maximum absolute atomic E-state index is 14.3. The van der Waals surface area contributed by atoms with Crippen molar-refractivity contribution in [1.29, 1.82) is 0 Å². The standard InChI is InChI=1S/C14H15FN6O3S/c1-21-6-10-12(17-7-18-13(10)20-14(21)22)8-2-3-9(11(15)4-8)5-19-25(16,23)24/h2-4,7,19H,5-6H2,1H3,(H2,16,23,24)(H,17,18,20,22). The first kappa shape index (κ1) is 17.2. The van der Waals surface area contributed by atoms with Crippen LogP contribution in [0.4, 0.5) is 15.0 Å². The number of nitrogens with zero attached hydrogens (tertiary/aromatic N) is 3. The minimum Gasteiger partial charge on any atom is -0.323 e. The van der Waals surface area contributed by atoms with E-state index >= 15 is 0 Å². The molecule has 0 saturated heterocycles. The molecule has 0 aliphatic carbocycles. The minimum atomic E-state index is -3.91. The highest BCUT2D eigenvalue weighted by Crippen LogP contribution is 2.30. The topological polar surface area (TPSA) is 130 Å². The third kappa shape index (κ3) is 3.73. The molecular formula is C14H15FN6O3S. The van der Waals surface area contributed by atoms with Crippen LogP contribution in [-0.2, 0) is 23.3 Å². The van der Waals surface area contributed by atoms with Gasteiger partial charge in [0.2, 0.25) is 0 Å². The van der Waals surface area contributed by atoms with E-state index in [9.17, 15) is 17.6 Å². The van der Waals surface area contributed by atoms with E-state index in [1.165, 1.54) is 23.4 Å². The van der Waals surface area contributed by atoms with Crippen LogP contribution < -0.4 is 15.2 Å². The van der Waals surface area contributed by atoms with E-state index < -0.39 is 16.0 Å². The molecule has 9 nitrogen and oxygen atoms in total. The number of benzene rings is 1. The molecule has 1 aromatic heterocycles. The Bertz CT molecular complexity index is 950. The van der Waals surface area contributed by atoms with Gasteiger partial charge in [0, 0.05) is 30.3 Å². The van der Waals surface area contributed by atoms with Gasteiger partial charge in [0.15, 0.2) is 0 Å². The maximum Gasteiger partial charge on any atom is 0.323 e. The zero-order valence-corrected chi connectivity index (χ0v) is 14.0. The highest BCUT2D eigenvalue weighted by atomic mass is 32.2. The first-order valence-electron chi connectivity index (χ1n) is 7.17. The summed E-state index contributed by atoms with van der Waals surface area (Å²) in [5.74, 6) is -0.220. The van der Waals surface area contributed by atoms with Gasteiger partial charge in [-0.25, -0.2) is 24.3 Å². The first-order valence-corrected chi connectivity index (χ1v) is 8.71. The fraction of sp³-hybridized carbons (Fsp3) is 0.214. The largest absolute Gasteiger partial charge is 0.323 e. The lowest BCUT2D eigenvalue weighted by Crippen LogP contribution is -2.36. The second kappa shape index (κ2) is 6.35. The predicted octanol–water partition coefficient (Wildman–Crippen LogP) is 0.553. The molecule has 3 rings (SSSR count). The lowest BCUT2D eigenvalue weighted by molar-refractivity contribution is 0.218. The molecule has 0 bridgehead atoms. The number of carbonyl (C=O) groups excluding carboxylic acids is 1. The van der Waals surface area contributed by atoms with Crippen molar-refractivity contribution in [2.24, 2.45) is 5.14 Å². The minimum absolute atomic E-state index is 0.145. The number of hydrogen-bond donors (Lipinski definition) is 3. The number of amides is 2. The van der Waals surface area contributed by atoms with E-state index in [0.717, 1.165) is 0 Å². The zero-order chi connectivity index (χ0) is 18.2. The van der Waals surface area contributed by atoms with Crippen LogP contribution in [0.25, 0.3) is 11.3 Å². The van der Waals surface area contributed by atoms with Gasteiger partial charge in [0.25, 0.3) is 10.2 Å². The van der Waals surface area contributed by atoms with Gasteiger partial charge >= 0.3 is 6.03 Å². The fourth-order valence-corrected chi connectivity index (χ4v) is 2.80. The molecule has 0 atom stereocenters. The number of aromatic nitrogens is 2. The maximum atomic E-state index is 14.3. The molecule has 2 amide bonds. The van der Waals surface area contributed by atoms with Crippen molar-refractivity contribution in [2.75, 3.05) is 12.4 Å². The lowest BCUT2D eigenvalue weighted by Gasteiger charge is -2.26. The number of nitrogens with one attached hydrogen (secondary N) is 2. The number of carbonyl (C=O) groups is 1. The summed E-state index contributed by atoms with van der Waals surface area (Å²) < 4.78 is 38.1. The van der Waals surface area contributed by atoms with E-state index in [0.29, 0.717) is 22.6 Å². The summed E-state index contributed by atoms with van der Waals surface area (Å²) in [5, 5.41) is 7.47. The van der Waals surface area contributed by atoms with Crippen LogP contribution in [0, 0.1) is 5.82 Å². The molecule has 0 radical (unpaired) electrons. The molecule has 2 heterocycles. The third-order valence-electron chi connectivity index (χ3n) is 3.70. The van der Waals surface area contributed by atoms with Crippen LogP contribution in [0.5, 0.6) is 0 Å². The first-order chi connectivity index (χ1) is 11.7. The van der Waals surface area contributed by atoms with Gasteiger partial charge in [0.05, 0.1) is 12.2 Å². The van der Waals surface area contributed by atoms with E-state index in [4.69, 9.17) is 5.14 Å². The van der Waals surface area contributed by atoms with E-state index in [1.54, 1.807) is 13.1 Å². The van der Waals surface area contributed by atoms with Crippen molar-refractivity contribution in [2.45, 2.75) is 13.1 Å². The summed E-state index contributed by atoms with van der Waals surface area (Å²) in [6.07, 6.45) is 1.29. The van der Waals surface area contributed by atoms with Crippen LogP contribution in [0.3, 0.4) is 0 Å². The van der Waals surface area contributed by atoms with Gasteiger partial charge in [-0.1, -0.05) is 12.1 Å². The molecule has 1 aliphatic heterocycles. The number of fused-ring (bicyclic) bond motifs is 1. The van der Waals surface area contributed by atoms with Gasteiger partial charge in [-0.05, 0) is 6.07 Å². The summed E-state index contributed by atoms with van der Waals surface area (Å²) in [5.41, 5.74) is 1.78. The van der Waals surface area contributed by atoms with Crippen LogP contribution in [-0.4, -0.2) is 36.4 Å². The van der Waals surface area contributed by atoms with Gasteiger partial charge in [-0.2, -0.15) is 13.1 Å². The molecule has 132 valence electrons. The normalized spacial score (nSPS) is 14.2. The summed E-state index contributed by atoms with van der Waals surface area (Å²) in [7, 11) is -2.29. The molecule has 4 N–H and O–H groups in total. The van der Waals surface area contributed by atoms with Crippen LogP contribution >= 0.6 is 0 Å². The SMILES string of the molecule is CN1Cc2c(ncnc2-c2ccc(CNS(N)(=O)=O)c(F)c2)NC1=O. The van der Waals surface area contributed by atoms with Gasteiger partial charge in [-0.3, -0.25) is 5.32 Å². The fourth-order valence-electron chi connectivity index (χ4n) is 2.44. The van der Waals surface area contributed by atoms with Gasteiger partial charge in [0.1, 0.15) is 18.0 Å².